The lowest BCUT2D eigenvalue weighted by Gasteiger charge is -2.13. The molecule has 4 aromatic rings. The first-order valence-electron chi connectivity index (χ1n) is 10.3. The highest BCUT2D eigenvalue weighted by molar-refractivity contribution is 14.1. The summed E-state index contributed by atoms with van der Waals surface area (Å²) >= 11 is 11.8. The number of rotatable bonds is 8. The Bertz CT molecular complexity index is 1370. The van der Waals surface area contributed by atoms with E-state index in [-0.39, 0.29) is 5.76 Å². The summed E-state index contributed by atoms with van der Waals surface area (Å²) in [6.07, 6.45) is 1.53. The van der Waals surface area contributed by atoms with Crippen LogP contribution in [0.2, 0.25) is 5.02 Å². The van der Waals surface area contributed by atoms with Crippen molar-refractivity contribution in [2.24, 2.45) is 5.10 Å². The average Bonchev–Trinajstić information content (AvgIpc) is 3.24. The molecule has 0 saturated carbocycles. The maximum atomic E-state index is 12.5. The molecule has 9 heteroatoms. The van der Waals surface area contributed by atoms with Crippen molar-refractivity contribution in [1.82, 2.24) is 5.43 Å². The minimum atomic E-state index is -0.441. The fourth-order valence-corrected chi connectivity index (χ4v) is 5.02. The third kappa shape index (κ3) is 5.92. The zero-order chi connectivity index (χ0) is 24.1. The minimum absolute atomic E-state index is 0.182. The number of hydrogen-bond acceptors (Lipinski definition) is 5. The zero-order valence-corrected chi connectivity index (χ0v) is 22.5. The zero-order valence-electron chi connectivity index (χ0n) is 18.0. The molecule has 0 radical (unpaired) electrons. The molecule has 34 heavy (non-hydrogen) atoms. The highest BCUT2D eigenvalue weighted by atomic mass is 127. The summed E-state index contributed by atoms with van der Waals surface area (Å²) in [5.74, 6) is 0.902. The SMILES string of the molecule is CCOc1cc(/C=N\NC(=O)c2cc3cc(Br)cc(I)c3o2)ccc1OCc1ccccc1Cl. The Kier molecular flexibility index (Phi) is 8.12. The number of halogens is 3. The van der Waals surface area contributed by atoms with Gasteiger partial charge in [-0.1, -0.05) is 45.7 Å². The Labute approximate surface area is 223 Å². The summed E-state index contributed by atoms with van der Waals surface area (Å²) in [6.45, 7) is 2.68. The van der Waals surface area contributed by atoms with Gasteiger partial charge in [-0.2, -0.15) is 5.10 Å². The first-order chi connectivity index (χ1) is 16.4. The van der Waals surface area contributed by atoms with Crippen LogP contribution in [0, 0.1) is 3.57 Å². The van der Waals surface area contributed by atoms with Crippen molar-refractivity contribution >= 4 is 73.2 Å². The quantitative estimate of drug-likeness (QED) is 0.124. The van der Waals surface area contributed by atoms with Gasteiger partial charge >= 0.3 is 5.91 Å². The molecule has 0 fully saturated rings. The van der Waals surface area contributed by atoms with E-state index in [0.29, 0.717) is 35.3 Å². The van der Waals surface area contributed by atoms with Gasteiger partial charge in [0.15, 0.2) is 17.3 Å². The van der Waals surface area contributed by atoms with Crippen LogP contribution in [0.15, 0.2) is 74.7 Å². The molecule has 3 aromatic carbocycles. The molecule has 1 amide bonds. The molecule has 6 nitrogen and oxygen atoms in total. The fourth-order valence-electron chi connectivity index (χ4n) is 3.17. The predicted molar refractivity (Wildman–Crippen MR) is 145 cm³/mol. The lowest BCUT2D eigenvalue weighted by Crippen LogP contribution is -2.16. The van der Waals surface area contributed by atoms with Gasteiger partial charge in [0.2, 0.25) is 0 Å². The molecule has 4 rings (SSSR count). The maximum Gasteiger partial charge on any atom is 0.307 e. The molecule has 0 saturated heterocycles. The van der Waals surface area contributed by atoms with E-state index in [0.717, 1.165) is 24.6 Å². The molecule has 0 unspecified atom stereocenters. The molecule has 0 bridgehead atoms. The molecule has 1 N–H and O–H groups in total. The molecular weight excluding hydrogens is 635 g/mol. The number of carbonyl (C=O) groups excluding carboxylic acids is 1. The van der Waals surface area contributed by atoms with E-state index in [9.17, 15) is 4.79 Å². The Morgan fingerprint density at radius 1 is 1.15 bits per heavy atom. The van der Waals surface area contributed by atoms with Gasteiger partial charge in [0, 0.05) is 20.4 Å². The van der Waals surface area contributed by atoms with Gasteiger partial charge in [-0.15, -0.1) is 0 Å². The first-order valence-corrected chi connectivity index (χ1v) is 12.5. The lowest BCUT2D eigenvalue weighted by molar-refractivity contribution is 0.0929. The van der Waals surface area contributed by atoms with Crippen LogP contribution in [0.1, 0.15) is 28.6 Å². The number of carbonyl (C=O) groups is 1. The number of nitrogens with zero attached hydrogens (tertiary/aromatic N) is 1. The van der Waals surface area contributed by atoms with E-state index >= 15 is 0 Å². The number of hydrogen-bond donors (Lipinski definition) is 1. The van der Waals surface area contributed by atoms with Crippen LogP contribution in [-0.2, 0) is 6.61 Å². The second kappa shape index (κ2) is 11.2. The van der Waals surface area contributed by atoms with Crippen molar-refractivity contribution in [3.05, 3.63) is 90.6 Å². The van der Waals surface area contributed by atoms with Crippen molar-refractivity contribution in [1.29, 1.82) is 0 Å². The van der Waals surface area contributed by atoms with E-state index in [1.165, 1.54) is 6.21 Å². The van der Waals surface area contributed by atoms with Gasteiger partial charge in [-0.25, -0.2) is 5.43 Å². The van der Waals surface area contributed by atoms with Gasteiger partial charge in [0.05, 0.1) is 16.4 Å². The molecule has 0 aliphatic rings. The Hall–Kier alpha value is -2.56. The molecule has 1 heterocycles. The molecule has 174 valence electrons. The fraction of sp³-hybridized carbons (Fsp3) is 0.120. The monoisotopic (exact) mass is 652 g/mol. The summed E-state index contributed by atoms with van der Waals surface area (Å²) in [7, 11) is 0. The molecule has 0 aliphatic carbocycles. The second-order valence-electron chi connectivity index (χ2n) is 7.14. The highest BCUT2D eigenvalue weighted by Crippen LogP contribution is 2.30. The van der Waals surface area contributed by atoms with Crippen molar-refractivity contribution in [2.75, 3.05) is 6.61 Å². The van der Waals surface area contributed by atoms with Crippen LogP contribution in [0.25, 0.3) is 11.0 Å². The maximum absolute atomic E-state index is 12.5. The number of hydrazone groups is 1. The third-order valence-corrected chi connectivity index (χ3v) is 6.38. The number of fused-ring (bicyclic) bond motifs is 1. The van der Waals surface area contributed by atoms with Crippen LogP contribution in [0.4, 0.5) is 0 Å². The number of furan rings is 1. The van der Waals surface area contributed by atoms with E-state index in [2.05, 4.69) is 49.0 Å². The summed E-state index contributed by atoms with van der Waals surface area (Å²) in [5.41, 5.74) is 4.77. The summed E-state index contributed by atoms with van der Waals surface area (Å²) in [5, 5.41) is 5.53. The highest BCUT2D eigenvalue weighted by Gasteiger charge is 2.14. The van der Waals surface area contributed by atoms with Crippen molar-refractivity contribution in [3.8, 4) is 11.5 Å². The average molecular weight is 654 g/mol. The van der Waals surface area contributed by atoms with E-state index < -0.39 is 5.91 Å². The Morgan fingerprint density at radius 2 is 1.97 bits per heavy atom. The first kappa shape index (κ1) is 24.6. The van der Waals surface area contributed by atoms with Crippen LogP contribution < -0.4 is 14.9 Å². The van der Waals surface area contributed by atoms with E-state index in [1.807, 2.05) is 49.4 Å². The molecule has 0 atom stereocenters. The summed E-state index contributed by atoms with van der Waals surface area (Å²) in [6, 6.07) is 18.4. The molecule has 1 aromatic heterocycles. The Balaban J connectivity index is 1.44. The second-order valence-corrected chi connectivity index (χ2v) is 9.62. The van der Waals surface area contributed by atoms with Crippen molar-refractivity contribution < 1.29 is 18.7 Å². The smallest absolute Gasteiger partial charge is 0.307 e. The van der Waals surface area contributed by atoms with Crippen LogP contribution in [-0.4, -0.2) is 18.7 Å². The molecule has 0 aliphatic heterocycles. The number of ether oxygens (including phenoxy) is 2. The topological polar surface area (TPSA) is 73.1 Å². The van der Waals surface area contributed by atoms with Gasteiger partial charge < -0.3 is 13.9 Å². The lowest BCUT2D eigenvalue weighted by atomic mass is 10.2. The normalized spacial score (nSPS) is 11.2. The predicted octanol–water partition coefficient (Wildman–Crippen LogP) is 7.19. The van der Waals surface area contributed by atoms with Crippen molar-refractivity contribution in [2.45, 2.75) is 13.5 Å². The summed E-state index contributed by atoms with van der Waals surface area (Å²) < 4.78 is 19.2. The third-order valence-electron chi connectivity index (χ3n) is 4.75. The molecular formula is C25H19BrClIN2O4. The van der Waals surface area contributed by atoms with Gasteiger partial charge in [-0.3, -0.25) is 4.79 Å². The number of benzene rings is 3. The van der Waals surface area contributed by atoms with E-state index in [1.54, 1.807) is 18.2 Å². The number of amides is 1. The van der Waals surface area contributed by atoms with Gasteiger partial charge in [0.25, 0.3) is 0 Å². The van der Waals surface area contributed by atoms with Gasteiger partial charge in [-0.05, 0) is 77.5 Å². The standard InChI is InChI=1S/C25H19BrClIN2O4/c1-2-32-22-9-15(7-8-21(22)33-14-16-5-3-4-6-19(16)27)13-29-30-25(31)23-11-17-10-18(26)12-20(28)24(17)34-23/h3-13H,2,14H2,1H3,(H,30,31)/b29-13-. The summed E-state index contributed by atoms with van der Waals surface area (Å²) in [4.78, 5) is 12.5. The molecule has 0 spiro atoms. The van der Waals surface area contributed by atoms with E-state index in [4.69, 9.17) is 25.5 Å². The number of nitrogens with one attached hydrogen (secondary N) is 1. The Morgan fingerprint density at radius 3 is 2.76 bits per heavy atom. The largest absolute Gasteiger partial charge is 0.490 e. The van der Waals surface area contributed by atoms with Crippen molar-refractivity contribution in [3.63, 3.8) is 0 Å². The van der Waals surface area contributed by atoms with Crippen LogP contribution in [0.3, 0.4) is 0 Å². The minimum Gasteiger partial charge on any atom is -0.490 e. The van der Waals surface area contributed by atoms with Gasteiger partial charge in [0.1, 0.15) is 12.2 Å². The van der Waals surface area contributed by atoms with Crippen LogP contribution in [0.5, 0.6) is 11.5 Å². The van der Waals surface area contributed by atoms with Crippen LogP contribution >= 0.6 is 50.1 Å².